The molecule has 2 aromatic rings. The van der Waals surface area contributed by atoms with E-state index < -0.39 is 0 Å². The van der Waals surface area contributed by atoms with Gasteiger partial charge in [0, 0.05) is 10.7 Å². The summed E-state index contributed by atoms with van der Waals surface area (Å²) in [5.74, 6) is 5.75. The van der Waals surface area contributed by atoms with Crippen molar-refractivity contribution in [3.63, 3.8) is 0 Å². The van der Waals surface area contributed by atoms with Crippen LogP contribution in [0.5, 0.6) is 0 Å². The van der Waals surface area contributed by atoms with Gasteiger partial charge in [0.1, 0.15) is 0 Å². The summed E-state index contributed by atoms with van der Waals surface area (Å²) in [4.78, 5) is 0. The van der Waals surface area contributed by atoms with Crippen LogP contribution >= 0.6 is 11.3 Å². The minimum absolute atomic E-state index is 0.206. The summed E-state index contributed by atoms with van der Waals surface area (Å²) in [6.07, 6.45) is 2.10. The van der Waals surface area contributed by atoms with E-state index in [1.807, 2.05) is 11.3 Å². The summed E-state index contributed by atoms with van der Waals surface area (Å²) < 4.78 is 1.36. The number of hydrogen-bond acceptors (Lipinski definition) is 3. The Bertz CT molecular complexity index is 516. The van der Waals surface area contributed by atoms with E-state index in [1.54, 1.807) is 0 Å². The van der Waals surface area contributed by atoms with Crippen molar-refractivity contribution in [3.05, 3.63) is 35.2 Å². The molecule has 0 saturated carbocycles. The molecule has 1 atom stereocenters. The van der Waals surface area contributed by atoms with Crippen molar-refractivity contribution in [1.82, 2.24) is 5.43 Å². The maximum atomic E-state index is 5.75. The Morgan fingerprint density at radius 1 is 1.33 bits per heavy atom. The van der Waals surface area contributed by atoms with E-state index in [0.717, 1.165) is 12.8 Å². The molecule has 3 heteroatoms. The number of hydrazine groups is 1. The van der Waals surface area contributed by atoms with Crippen LogP contribution in [0.15, 0.2) is 29.6 Å². The van der Waals surface area contributed by atoms with Gasteiger partial charge in [0.2, 0.25) is 0 Å². The number of nitrogens with two attached hydrogens (primary N) is 1. The van der Waals surface area contributed by atoms with Crippen molar-refractivity contribution in [2.75, 3.05) is 0 Å². The van der Waals surface area contributed by atoms with E-state index in [9.17, 15) is 0 Å². The van der Waals surface area contributed by atoms with Crippen LogP contribution in [0.25, 0.3) is 10.1 Å². The smallest absolute Gasteiger partial charge is 0.0345 e. The maximum Gasteiger partial charge on any atom is 0.0345 e. The molecule has 0 aliphatic carbocycles. The topological polar surface area (TPSA) is 38.0 Å². The Hall–Kier alpha value is -0.900. The Morgan fingerprint density at radius 3 is 2.72 bits per heavy atom. The van der Waals surface area contributed by atoms with Gasteiger partial charge in [0.25, 0.3) is 0 Å². The van der Waals surface area contributed by atoms with Gasteiger partial charge in [-0.3, -0.25) is 11.3 Å². The summed E-state index contributed by atoms with van der Waals surface area (Å²) >= 11 is 1.82. The molecular weight excluding hydrogens is 240 g/mol. The Balaban J connectivity index is 2.27. The molecule has 0 spiro atoms. The number of fused-ring (bicyclic) bond motifs is 1. The van der Waals surface area contributed by atoms with Crippen LogP contribution in [0, 0.1) is 5.41 Å². The van der Waals surface area contributed by atoms with Crippen molar-refractivity contribution in [3.8, 4) is 0 Å². The van der Waals surface area contributed by atoms with Crippen molar-refractivity contribution >= 4 is 21.4 Å². The molecule has 0 fully saturated rings. The van der Waals surface area contributed by atoms with Crippen molar-refractivity contribution in [1.29, 1.82) is 0 Å². The molecule has 1 aromatic carbocycles. The Kier molecular flexibility index (Phi) is 4.05. The molecule has 1 aromatic heterocycles. The van der Waals surface area contributed by atoms with Crippen LogP contribution in [0.4, 0.5) is 0 Å². The van der Waals surface area contributed by atoms with Gasteiger partial charge in [0.15, 0.2) is 0 Å². The fraction of sp³-hybridized carbons (Fsp3) is 0.467. The van der Waals surface area contributed by atoms with Gasteiger partial charge in [-0.15, -0.1) is 11.3 Å². The number of thiophene rings is 1. The van der Waals surface area contributed by atoms with E-state index in [0.29, 0.717) is 6.04 Å². The summed E-state index contributed by atoms with van der Waals surface area (Å²) in [6.45, 7) is 6.76. The molecule has 2 nitrogen and oxygen atoms in total. The lowest BCUT2D eigenvalue weighted by Crippen LogP contribution is -2.46. The summed E-state index contributed by atoms with van der Waals surface area (Å²) in [5.41, 5.74) is 4.61. The molecule has 1 heterocycles. The lowest BCUT2D eigenvalue weighted by molar-refractivity contribution is 0.232. The molecule has 0 aliphatic rings. The largest absolute Gasteiger partial charge is 0.271 e. The lowest BCUT2D eigenvalue weighted by atomic mass is 9.79. The molecule has 1 unspecified atom stereocenters. The molecule has 0 aliphatic heterocycles. The Morgan fingerprint density at radius 2 is 2.06 bits per heavy atom. The van der Waals surface area contributed by atoms with E-state index in [1.165, 1.54) is 15.6 Å². The minimum atomic E-state index is 0.206. The second kappa shape index (κ2) is 5.39. The molecule has 0 bridgehead atoms. The quantitative estimate of drug-likeness (QED) is 0.637. The first kappa shape index (κ1) is 13.5. The monoisotopic (exact) mass is 262 g/mol. The van der Waals surface area contributed by atoms with Gasteiger partial charge >= 0.3 is 0 Å². The normalized spacial score (nSPS) is 14.0. The predicted molar refractivity (Wildman–Crippen MR) is 80.7 cm³/mol. The zero-order valence-electron chi connectivity index (χ0n) is 11.4. The molecular formula is C15H22N2S. The third-order valence-electron chi connectivity index (χ3n) is 4.04. The Labute approximate surface area is 113 Å². The summed E-state index contributed by atoms with van der Waals surface area (Å²) in [5, 5.41) is 3.63. The van der Waals surface area contributed by atoms with Gasteiger partial charge in [-0.05, 0) is 40.7 Å². The van der Waals surface area contributed by atoms with Gasteiger partial charge in [0.05, 0.1) is 0 Å². The summed E-state index contributed by atoms with van der Waals surface area (Å²) in [6, 6.07) is 8.89. The van der Waals surface area contributed by atoms with Crippen LogP contribution in [0.1, 0.15) is 32.8 Å². The fourth-order valence-corrected chi connectivity index (χ4v) is 3.19. The van der Waals surface area contributed by atoms with E-state index in [4.69, 9.17) is 5.84 Å². The average molecular weight is 262 g/mol. The van der Waals surface area contributed by atoms with Gasteiger partial charge in [-0.25, -0.2) is 0 Å². The molecule has 98 valence electrons. The molecule has 18 heavy (non-hydrogen) atoms. The zero-order chi connectivity index (χ0) is 13.2. The second-order valence-electron chi connectivity index (χ2n) is 5.52. The van der Waals surface area contributed by atoms with Crippen molar-refractivity contribution in [2.24, 2.45) is 11.3 Å². The first-order valence-corrected chi connectivity index (χ1v) is 7.37. The molecule has 0 amide bonds. The number of rotatable bonds is 5. The third-order valence-corrected chi connectivity index (χ3v) is 5.05. The number of benzene rings is 1. The van der Waals surface area contributed by atoms with Gasteiger partial charge in [-0.2, -0.15) is 0 Å². The van der Waals surface area contributed by atoms with Crippen molar-refractivity contribution < 1.29 is 0 Å². The van der Waals surface area contributed by atoms with Crippen LogP contribution in [0.3, 0.4) is 0 Å². The first-order valence-electron chi connectivity index (χ1n) is 6.49. The number of hydrogen-bond donors (Lipinski definition) is 2. The second-order valence-corrected chi connectivity index (χ2v) is 6.43. The van der Waals surface area contributed by atoms with Crippen LogP contribution < -0.4 is 11.3 Å². The SMILES string of the molecule is CCC(C)(C)C(Cc1csc2ccccc12)NN. The van der Waals surface area contributed by atoms with Crippen LogP contribution in [-0.2, 0) is 6.42 Å². The highest BCUT2D eigenvalue weighted by Gasteiger charge is 2.27. The molecule has 3 N–H and O–H groups in total. The highest BCUT2D eigenvalue weighted by molar-refractivity contribution is 7.17. The average Bonchev–Trinajstić information content (AvgIpc) is 2.79. The fourth-order valence-electron chi connectivity index (χ4n) is 2.22. The molecule has 0 radical (unpaired) electrons. The van der Waals surface area contributed by atoms with E-state index in [-0.39, 0.29) is 5.41 Å². The first-order chi connectivity index (χ1) is 8.58. The maximum absolute atomic E-state index is 5.75. The highest BCUT2D eigenvalue weighted by atomic mass is 32.1. The lowest BCUT2D eigenvalue weighted by Gasteiger charge is -2.33. The summed E-state index contributed by atoms with van der Waals surface area (Å²) in [7, 11) is 0. The standard InChI is InChI=1S/C15H22N2S/c1-4-15(2,3)14(17-16)9-11-10-18-13-8-6-5-7-12(11)13/h5-8,10,14,17H,4,9,16H2,1-3H3. The number of nitrogens with one attached hydrogen (secondary N) is 1. The molecule has 2 rings (SSSR count). The third kappa shape index (κ3) is 2.58. The van der Waals surface area contributed by atoms with Crippen molar-refractivity contribution in [2.45, 2.75) is 39.7 Å². The van der Waals surface area contributed by atoms with Crippen LogP contribution in [0.2, 0.25) is 0 Å². The highest BCUT2D eigenvalue weighted by Crippen LogP contribution is 2.31. The predicted octanol–water partition coefficient (Wildman–Crippen LogP) is 3.71. The van der Waals surface area contributed by atoms with Gasteiger partial charge in [-0.1, -0.05) is 39.0 Å². The minimum Gasteiger partial charge on any atom is -0.271 e. The van der Waals surface area contributed by atoms with E-state index >= 15 is 0 Å². The molecule has 0 saturated heterocycles. The zero-order valence-corrected chi connectivity index (χ0v) is 12.2. The van der Waals surface area contributed by atoms with E-state index in [2.05, 4.69) is 55.8 Å². The van der Waals surface area contributed by atoms with Gasteiger partial charge < -0.3 is 0 Å². The van der Waals surface area contributed by atoms with Crippen LogP contribution in [-0.4, -0.2) is 6.04 Å².